The molecule has 0 saturated heterocycles. The lowest BCUT2D eigenvalue weighted by Crippen LogP contribution is -2.67. The van der Waals surface area contributed by atoms with Crippen LogP contribution in [-0.2, 0) is 14.3 Å². The third kappa shape index (κ3) is 2.50. The highest BCUT2D eigenvalue weighted by molar-refractivity contribution is 6.04. The second kappa shape index (κ2) is 6.47. The number of esters is 1. The maximum atomic E-state index is 16.9. The summed E-state index contributed by atoms with van der Waals surface area (Å²) in [5.74, 6) is -2.42. The summed E-state index contributed by atoms with van der Waals surface area (Å²) in [4.78, 5) is 23.9. The Balaban J connectivity index is 1.77. The number of hydrogen-bond acceptors (Lipinski definition) is 4. The molecule has 29 heavy (non-hydrogen) atoms. The minimum Gasteiger partial charge on any atom is -0.461 e. The first-order valence-electron chi connectivity index (χ1n) is 10.7. The van der Waals surface area contributed by atoms with E-state index in [-0.39, 0.29) is 42.3 Å². The lowest BCUT2D eigenvalue weighted by Gasteiger charge is -2.61. The lowest BCUT2D eigenvalue weighted by atomic mass is 9.45. The molecule has 0 aromatic rings. The third-order valence-corrected chi connectivity index (χ3v) is 8.51. The van der Waals surface area contributed by atoms with Crippen molar-refractivity contribution < 1.29 is 28.2 Å². The average molecular weight is 408 g/mol. The van der Waals surface area contributed by atoms with Gasteiger partial charge in [-0.05, 0) is 56.1 Å². The maximum Gasteiger partial charge on any atom is 0.305 e. The summed E-state index contributed by atoms with van der Waals surface area (Å²) in [6, 6.07) is 0. The number of fused-ring (bicyclic) bond motifs is 5. The number of ether oxygens (including phenoxy) is 1. The first-order valence-corrected chi connectivity index (χ1v) is 10.7. The van der Waals surface area contributed by atoms with Gasteiger partial charge in [-0.1, -0.05) is 26.8 Å². The van der Waals surface area contributed by atoms with Gasteiger partial charge < -0.3 is 9.84 Å². The van der Waals surface area contributed by atoms with Crippen LogP contribution in [0, 0.1) is 28.6 Å². The molecule has 0 bridgehead atoms. The van der Waals surface area contributed by atoms with E-state index in [2.05, 4.69) is 0 Å². The first kappa shape index (κ1) is 20.7. The molecule has 0 aromatic heterocycles. The summed E-state index contributed by atoms with van der Waals surface area (Å²) in [5.41, 5.74) is -3.78. The summed E-state index contributed by atoms with van der Waals surface area (Å²) in [7, 11) is 0. The van der Waals surface area contributed by atoms with Crippen molar-refractivity contribution in [2.24, 2.45) is 28.6 Å². The molecular formula is C23H30F2O4. The van der Waals surface area contributed by atoms with Gasteiger partial charge in [0.2, 0.25) is 5.78 Å². The zero-order valence-electron chi connectivity index (χ0n) is 17.5. The normalized spacial score (nSPS) is 48.8. The largest absolute Gasteiger partial charge is 0.461 e. The van der Waals surface area contributed by atoms with Crippen molar-refractivity contribution in [3.63, 3.8) is 0 Å². The van der Waals surface area contributed by atoms with Crippen LogP contribution in [0.3, 0.4) is 0 Å². The van der Waals surface area contributed by atoms with Crippen LogP contribution in [0.25, 0.3) is 0 Å². The molecule has 4 rings (SSSR count). The molecule has 160 valence electrons. The first-order chi connectivity index (χ1) is 13.5. The Bertz CT molecular complexity index is 820. The van der Waals surface area contributed by atoms with Crippen LogP contribution in [0.15, 0.2) is 23.6 Å². The number of carbonyl (C=O) groups is 2. The molecule has 0 radical (unpaired) electrons. The molecule has 1 N–H and O–H groups in total. The van der Waals surface area contributed by atoms with E-state index in [1.807, 2.05) is 13.8 Å². The van der Waals surface area contributed by atoms with Crippen molar-refractivity contribution in [2.75, 3.05) is 0 Å². The van der Waals surface area contributed by atoms with Crippen molar-refractivity contribution in [3.8, 4) is 0 Å². The van der Waals surface area contributed by atoms with Crippen molar-refractivity contribution in [3.05, 3.63) is 23.6 Å². The Morgan fingerprint density at radius 3 is 2.69 bits per heavy atom. The predicted molar refractivity (Wildman–Crippen MR) is 103 cm³/mol. The number of halogens is 2. The Hall–Kier alpha value is -1.56. The minimum atomic E-state index is -2.07. The summed E-state index contributed by atoms with van der Waals surface area (Å²) in [5, 5.41) is 11.1. The molecule has 6 heteroatoms. The number of rotatable bonds is 2. The van der Waals surface area contributed by atoms with Gasteiger partial charge in [-0.2, -0.15) is 0 Å². The predicted octanol–water partition coefficient (Wildman–Crippen LogP) is 4.22. The number of aliphatic hydroxyl groups is 1. The Labute approximate surface area is 170 Å². The summed E-state index contributed by atoms with van der Waals surface area (Å²) in [6.45, 7) is 7.35. The molecule has 8 atom stereocenters. The van der Waals surface area contributed by atoms with Crippen molar-refractivity contribution in [1.29, 1.82) is 0 Å². The standard InChI is InChI=1S/C23H30F2O4/c1-5-18(28)29-20-12(2)10-15-13-6-7-14-19(24)16(26)8-9-22(14,4)23(13,25)17(27)11-21(15,20)3/h8-9,12-13,15,17,20,27H,5-7,10-11H2,1-4H3/t12-,13-,15-,17-,20+,21-,22-,23-/m0/s1. The summed E-state index contributed by atoms with van der Waals surface area (Å²) >= 11 is 0. The topological polar surface area (TPSA) is 63.6 Å². The van der Waals surface area contributed by atoms with E-state index in [1.54, 1.807) is 13.8 Å². The highest BCUT2D eigenvalue weighted by Crippen LogP contribution is 2.69. The Morgan fingerprint density at radius 1 is 1.34 bits per heavy atom. The maximum absolute atomic E-state index is 16.9. The van der Waals surface area contributed by atoms with Gasteiger partial charge in [-0.15, -0.1) is 0 Å². The molecule has 0 heterocycles. The molecular weight excluding hydrogens is 378 g/mol. The zero-order chi connectivity index (χ0) is 21.4. The van der Waals surface area contributed by atoms with Crippen molar-refractivity contribution in [2.45, 2.75) is 77.7 Å². The van der Waals surface area contributed by atoms with Gasteiger partial charge in [0.15, 0.2) is 11.5 Å². The van der Waals surface area contributed by atoms with E-state index in [4.69, 9.17) is 4.74 Å². The van der Waals surface area contributed by atoms with E-state index in [0.717, 1.165) is 6.08 Å². The van der Waals surface area contributed by atoms with Crippen LogP contribution in [0.5, 0.6) is 0 Å². The van der Waals surface area contributed by atoms with Gasteiger partial charge in [-0.25, -0.2) is 8.78 Å². The van der Waals surface area contributed by atoms with Gasteiger partial charge in [0.25, 0.3) is 0 Å². The van der Waals surface area contributed by atoms with Crippen molar-refractivity contribution in [1.82, 2.24) is 0 Å². The van der Waals surface area contributed by atoms with Crippen molar-refractivity contribution >= 4 is 11.8 Å². The molecule has 0 aromatic carbocycles. The smallest absolute Gasteiger partial charge is 0.305 e. The fraction of sp³-hybridized carbons (Fsp3) is 0.739. The quantitative estimate of drug-likeness (QED) is 0.695. The van der Waals surface area contributed by atoms with Gasteiger partial charge in [-0.3, -0.25) is 9.59 Å². The Kier molecular flexibility index (Phi) is 4.62. The number of ketones is 1. The lowest BCUT2D eigenvalue weighted by molar-refractivity contribution is -0.207. The van der Waals surface area contributed by atoms with Crippen LogP contribution in [0.1, 0.15) is 59.8 Å². The van der Waals surface area contributed by atoms with E-state index < -0.39 is 40.1 Å². The molecule has 4 nitrogen and oxygen atoms in total. The average Bonchev–Trinajstić information content (AvgIpc) is 2.90. The molecule has 3 fully saturated rings. The summed E-state index contributed by atoms with van der Waals surface area (Å²) < 4.78 is 37.3. The highest BCUT2D eigenvalue weighted by Gasteiger charge is 2.72. The van der Waals surface area contributed by atoms with Crippen LogP contribution in [0.4, 0.5) is 8.78 Å². The fourth-order valence-corrected chi connectivity index (χ4v) is 7.09. The fourth-order valence-electron chi connectivity index (χ4n) is 7.09. The van der Waals surface area contributed by atoms with Gasteiger partial charge in [0.1, 0.15) is 6.10 Å². The number of carbonyl (C=O) groups excluding carboxylic acids is 2. The van der Waals surface area contributed by atoms with E-state index in [9.17, 15) is 19.1 Å². The number of hydrogen-bond donors (Lipinski definition) is 1. The number of allylic oxidation sites excluding steroid dienone is 4. The Morgan fingerprint density at radius 2 is 2.03 bits per heavy atom. The minimum absolute atomic E-state index is 0.0556. The molecule has 4 aliphatic carbocycles. The highest BCUT2D eigenvalue weighted by atomic mass is 19.1. The zero-order valence-corrected chi connectivity index (χ0v) is 17.5. The number of alkyl halides is 1. The second-order valence-electron chi connectivity index (χ2n) is 9.91. The van der Waals surface area contributed by atoms with E-state index >= 15 is 4.39 Å². The monoisotopic (exact) mass is 408 g/mol. The molecule has 4 aliphatic rings. The van der Waals surface area contributed by atoms with Crippen LogP contribution in [0.2, 0.25) is 0 Å². The summed E-state index contributed by atoms with van der Waals surface area (Å²) in [6.07, 6.45) is 2.62. The third-order valence-electron chi connectivity index (χ3n) is 8.51. The van der Waals surface area contributed by atoms with Gasteiger partial charge in [0.05, 0.1) is 6.10 Å². The molecule has 0 spiro atoms. The molecule has 0 aliphatic heterocycles. The van der Waals surface area contributed by atoms with Crippen LogP contribution < -0.4 is 0 Å². The molecule has 3 saturated carbocycles. The molecule has 0 amide bonds. The van der Waals surface area contributed by atoms with Gasteiger partial charge in [0, 0.05) is 23.2 Å². The van der Waals surface area contributed by atoms with Gasteiger partial charge >= 0.3 is 5.97 Å². The second-order valence-corrected chi connectivity index (χ2v) is 9.91. The number of aliphatic hydroxyl groups excluding tert-OH is 1. The van der Waals surface area contributed by atoms with E-state index in [0.29, 0.717) is 19.3 Å². The van der Waals surface area contributed by atoms with Crippen LogP contribution in [-0.4, -0.2) is 34.7 Å². The SMILES string of the molecule is CCC(=O)O[C@@H]1[C@@H](C)C[C@H]2[C@@H]3CCC4=C(F)C(=O)C=C[C@]4(C)[C@@]3(F)[C@@H](O)C[C@]12C. The van der Waals surface area contributed by atoms with Crippen LogP contribution >= 0.6 is 0 Å². The molecule has 0 unspecified atom stereocenters. The van der Waals surface area contributed by atoms with E-state index in [1.165, 1.54) is 6.08 Å².